The Bertz CT molecular complexity index is 1190. The van der Waals surface area contributed by atoms with Gasteiger partial charge in [0.05, 0.1) is 11.6 Å². The molecule has 1 aliphatic heterocycles. The summed E-state index contributed by atoms with van der Waals surface area (Å²) < 4.78 is 46.0. The van der Waals surface area contributed by atoms with Crippen molar-refractivity contribution in [1.29, 1.82) is 5.26 Å². The Morgan fingerprint density at radius 1 is 1.26 bits per heavy atom. The van der Waals surface area contributed by atoms with Gasteiger partial charge in [-0.25, -0.2) is 17.8 Å². The van der Waals surface area contributed by atoms with Crippen LogP contribution in [-0.2, 0) is 16.6 Å². The van der Waals surface area contributed by atoms with Crippen LogP contribution >= 0.6 is 11.5 Å². The number of hydrogen-bond acceptors (Lipinski definition) is 7. The van der Waals surface area contributed by atoms with Gasteiger partial charge in [0.1, 0.15) is 17.0 Å². The van der Waals surface area contributed by atoms with Crippen LogP contribution in [0.15, 0.2) is 53.7 Å². The first-order chi connectivity index (χ1) is 15.0. The normalized spacial score (nSPS) is 17.2. The minimum absolute atomic E-state index is 0.0287. The molecular formula is C21H20FN5O2S2. The number of benzene rings is 2. The highest BCUT2D eigenvalue weighted by molar-refractivity contribution is 7.93. The van der Waals surface area contributed by atoms with Gasteiger partial charge in [-0.15, -0.1) is 0 Å². The molecule has 31 heavy (non-hydrogen) atoms. The number of nitriles is 1. The second-order valence-corrected chi connectivity index (χ2v) is 9.73. The quantitative estimate of drug-likeness (QED) is 0.599. The summed E-state index contributed by atoms with van der Waals surface area (Å²) in [5.74, 6) is -0.903. The number of hydrogen-bond donors (Lipinski definition) is 1. The molecule has 1 aromatic heterocycles. The van der Waals surface area contributed by atoms with Gasteiger partial charge in [0.2, 0.25) is 5.13 Å². The lowest BCUT2D eigenvalue weighted by Crippen LogP contribution is -2.33. The fourth-order valence-corrected chi connectivity index (χ4v) is 5.62. The van der Waals surface area contributed by atoms with Crippen molar-refractivity contribution in [3.63, 3.8) is 0 Å². The molecule has 0 saturated carbocycles. The fraction of sp³-hybridized carbons (Fsp3) is 0.286. The number of likely N-dealkylation sites (tertiary alicyclic amines) is 1. The summed E-state index contributed by atoms with van der Waals surface area (Å²) in [5.41, 5.74) is 1.79. The van der Waals surface area contributed by atoms with Crippen molar-refractivity contribution in [1.82, 2.24) is 14.3 Å². The second-order valence-electron chi connectivity index (χ2n) is 7.30. The predicted molar refractivity (Wildman–Crippen MR) is 115 cm³/mol. The Kier molecular flexibility index (Phi) is 6.27. The molecule has 0 spiro atoms. The first-order valence-corrected chi connectivity index (χ1v) is 12.0. The van der Waals surface area contributed by atoms with E-state index in [9.17, 15) is 18.1 Å². The van der Waals surface area contributed by atoms with E-state index in [2.05, 4.69) is 31.1 Å². The highest BCUT2D eigenvalue weighted by Crippen LogP contribution is 2.33. The molecule has 0 bridgehead atoms. The van der Waals surface area contributed by atoms with Crippen LogP contribution < -0.4 is 4.72 Å². The number of nitrogens with zero attached hydrogens (tertiary/aromatic N) is 4. The van der Waals surface area contributed by atoms with Gasteiger partial charge >= 0.3 is 0 Å². The average molecular weight is 458 g/mol. The highest BCUT2D eigenvalue weighted by atomic mass is 32.2. The maximum Gasteiger partial charge on any atom is 0.266 e. The van der Waals surface area contributed by atoms with E-state index in [-0.39, 0.29) is 16.7 Å². The zero-order valence-electron chi connectivity index (χ0n) is 16.5. The second kappa shape index (κ2) is 9.09. The van der Waals surface area contributed by atoms with Crippen LogP contribution in [0.25, 0.3) is 0 Å². The van der Waals surface area contributed by atoms with E-state index < -0.39 is 20.7 Å². The molecule has 1 atom stereocenters. The Labute approximate surface area is 184 Å². The molecule has 3 aromatic rings. The number of nitrogens with one attached hydrogen (secondary N) is 1. The van der Waals surface area contributed by atoms with E-state index in [1.165, 1.54) is 11.9 Å². The standard InChI is InChI=1S/C21H20FN5O2S2/c22-18-10-17(13-27-9-5-4-8-19(27)15-6-2-1-3-7-15)16(12-23)11-20(18)31(28,29)26-21-24-14-25-30-21/h1-3,6-7,10-11,14,19H,4-5,8-9,13H2,(H,24,25,26). The largest absolute Gasteiger partial charge is 0.292 e. The molecule has 2 heterocycles. The molecule has 2 aromatic carbocycles. The van der Waals surface area contributed by atoms with Crippen LogP contribution in [0.4, 0.5) is 9.52 Å². The van der Waals surface area contributed by atoms with Gasteiger partial charge < -0.3 is 0 Å². The molecule has 1 aliphatic rings. The zero-order valence-corrected chi connectivity index (χ0v) is 18.2. The Morgan fingerprint density at radius 3 is 2.77 bits per heavy atom. The Morgan fingerprint density at radius 2 is 2.06 bits per heavy atom. The number of halogens is 1. The third-order valence-electron chi connectivity index (χ3n) is 5.32. The van der Waals surface area contributed by atoms with E-state index in [0.29, 0.717) is 12.1 Å². The summed E-state index contributed by atoms with van der Waals surface area (Å²) in [4.78, 5) is 5.40. The molecule has 4 rings (SSSR count). The third kappa shape index (κ3) is 4.74. The smallest absolute Gasteiger partial charge is 0.266 e. The van der Waals surface area contributed by atoms with Gasteiger partial charge in [-0.3, -0.25) is 9.62 Å². The van der Waals surface area contributed by atoms with Crippen LogP contribution in [0.5, 0.6) is 0 Å². The topological polar surface area (TPSA) is 99.0 Å². The number of rotatable bonds is 6. The van der Waals surface area contributed by atoms with Gasteiger partial charge in [-0.2, -0.15) is 9.64 Å². The minimum atomic E-state index is -4.23. The number of aromatic nitrogens is 2. The van der Waals surface area contributed by atoms with Crippen molar-refractivity contribution in [3.05, 3.63) is 71.3 Å². The van der Waals surface area contributed by atoms with Gasteiger partial charge in [-0.05, 0) is 42.6 Å². The van der Waals surface area contributed by atoms with Gasteiger partial charge in [0, 0.05) is 24.1 Å². The molecule has 10 heteroatoms. The monoisotopic (exact) mass is 457 g/mol. The van der Waals surface area contributed by atoms with E-state index in [1.54, 1.807) is 0 Å². The summed E-state index contributed by atoms with van der Waals surface area (Å²) in [6.45, 7) is 1.19. The van der Waals surface area contributed by atoms with E-state index >= 15 is 0 Å². The highest BCUT2D eigenvalue weighted by Gasteiger charge is 2.27. The fourth-order valence-electron chi connectivity index (χ4n) is 3.88. The van der Waals surface area contributed by atoms with Crippen molar-refractivity contribution in [2.24, 2.45) is 0 Å². The number of sulfonamides is 1. The lowest BCUT2D eigenvalue weighted by molar-refractivity contribution is 0.140. The molecule has 1 unspecified atom stereocenters. The van der Waals surface area contributed by atoms with E-state index in [0.717, 1.165) is 49.5 Å². The molecule has 160 valence electrons. The van der Waals surface area contributed by atoms with Crippen molar-refractivity contribution in [2.75, 3.05) is 11.3 Å². The van der Waals surface area contributed by atoms with Gasteiger partial charge in [-0.1, -0.05) is 36.8 Å². The van der Waals surface area contributed by atoms with Gasteiger partial charge in [0.25, 0.3) is 10.0 Å². The van der Waals surface area contributed by atoms with Crippen molar-refractivity contribution in [2.45, 2.75) is 36.7 Å². The van der Waals surface area contributed by atoms with Crippen molar-refractivity contribution in [3.8, 4) is 6.07 Å². The number of piperidine rings is 1. The maximum absolute atomic E-state index is 14.9. The zero-order chi connectivity index (χ0) is 21.8. The Hall–Kier alpha value is -2.87. The van der Waals surface area contributed by atoms with Gasteiger partial charge in [0.15, 0.2) is 0 Å². The third-order valence-corrected chi connectivity index (χ3v) is 7.39. The maximum atomic E-state index is 14.9. The molecule has 1 fully saturated rings. The van der Waals surface area contributed by atoms with E-state index in [4.69, 9.17) is 0 Å². The molecule has 1 saturated heterocycles. The molecule has 1 N–H and O–H groups in total. The molecule has 7 nitrogen and oxygen atoms in total. The predicted octanol–water partition coefficient (Wildman–Crippen LogP) is 4.08. The SMILES string of the molecule is N#Cc1cc(S(=O)(=O)Nc2ncns2)c(F)cc1CN1CCCCC1c1ccccc1. The van der Waals surface area contributed by atoms with Crippen LogP contribution in [0.3, 0.4) is 0 Å². The summed E-state index contributed by atoms with van der Waals surface area (Å²) in [7, 11) is -4.23. The minimum Gasteiger partial charge on any atom is -0.292 e. The van der Waals surface area contributed by atoms with Crippen LogP contribution in [0, 0.1) is 17.1 Å². The van der Waals surface area contributed by atoms with E-state index in [1.807, 2.05) is 24.3 Å². The van der Waals surface area contributed by atoms with Crippen LogP contribution in [-0.4, -0.2) is 29.2 Å². The van der Waals surface area contributed by atoms with Crippen molar-refractivity contribution < 1.29 is 12.8 Å². The lowest BCUT2D eigenvalue weighted by atomic mass is 9.94. The summed E-state index contributed by atoms with van der Waals surface area (Å²) in [6, 6.07) is 14.5. The number of anilines is 1. The van der Waals surface area contributed by atoms with Crippen molar-refractivity contribution >= 4 is 26.7 Å². The van der Waals surface area contributed by atoms with Crippen LogP contribution in [0.2, 0.25) is 0 Å². The molecule has 0 radical (unpaired) electrons. The molecule has 0 aliphatic carbocycles. The summed E-state index contributed by atoms with van der Waals surface area (Å²) in [5, 5.41) is 9.67. The first-order valence-electron chi connectivity index (χ1n) is 9.79. The Balaban J connectivity index is 1.63. The summed E-state index contributed by atoms with van der Waals surface area (Å²) >= 11 is 0.839. The molecule has 0 amide bonds. The first kappa shape index (κ1) is 21.4. The average Bonchev–Trinajstić information content (AvgIpc) is 3.27. The van der Waals surface area contributed by atoms with Crippen LogP contribution in [0.1, 0.15) is 42.0 Å². The molecular weight excluding hydrogens is 437 g/mol. The lowest BCUT2D eigenvalue weighted by Gasteiger charge is -2.36. The summed E-state index contributed by atoms with van der Waals surface area (Å²) in [6.07, 6.45) is 4.30.